The van der Waals surface area contributed by atoms with Crippen molar-refractivity contribution in [2.24, 2.45) is 0 Å². The molecule has 5 heterocycles. The van der Waals surface area contributed by atoms with Crippen LogP contribution in [0.25, 0.3) is 27.8 Å². The molecule has 9 nitrogen and oxygen atoms in total. The smallest absolute Gasteiger partial charge is 0.326 e. The third-order valence-electron chi connectivity index (χ3n) is 6.61. The number of rotatable bonds is 4. The number of H-pyrrole nitrogens is 1. The second-order valence-corrected chi connectivity index (χ2v) is 8.32. The van der Waals surface area contributed by atoms with E-state index in [2.05, 4.69) is 20.0 Å². The zero-order valence-corrected chi connectivity index (χ0v) is 17.3. The van der Waals surface area contributed by atoms with Crippen LogP contribution < -0.4 is 10.4 Å². The highest BCUT2D eigenvalue weighted by Gasteiger charge is 2.31. The number of fused-ring (bicyclic) bond motifs is 2. The van der Waals surface area contributed by atoms with Gasteiger partial charge in [-0.25, -0.2) is 14.3 Å². The summed E-state index contributed by atoms with van der Waals surface area (Å²) in [7, 11) is 1.62. The molecule has 1 N–H and O–H groups in total. The SMILES string of the molecule is COc1cc(-c2ccc3c(c2)[nH]c(=O)n3C2CCN(C3COC3)CC2)cn2ncnc12. The number of hydrogen-bond donors (Lipinski definition) is 1. The number of benzene rings is 1. The van der Waals surface area contributed by atoms with E-state index in [1.165, 1.54) is 6.33 Å². The second kappa shape index (κ2) is 7.21. The molecule has 0 atom stereocenters. The topological polar surface area (TPSA) is 89.7 Å². The third-order valence-corrected chi connectivity index (χ3v) is 6.61. The lowest BCUT2D eigenvalue weighted by molar-refractivity contribution is -0.0730. The standard InChI is InChI=1S/C22H24N6O3/c1-30-20-9-15(10-27-21(20)23-13-24-27)14-2-3-19-18(8-14)25-22(29)28(19)16-4-6-26(7-5-16)17-11-31-12-17/h2-3,8-10,13,16-17H,4-7,11-12H2,1H3,(H,25,29). The number of nitrogens with zero attached hydrogens (tertiary/aromatic N) is 5. The minimum Gasteiger partial charge on any atom is -0.493 e. The van der Waals surface area contributed by atoms with Gasteiger partial charge in [0, 0.05) is 30.9 Å². The molecule has 0 unspecified atom stereocenters. The van der Waals surface area contributed by atoms with E-state index in [0.29, 0.717) is 17.4 Å². The van der Waals surface area contributed by atoms with Gasteiger partial charge in [0.15, 0.2) is 11.4 Å². The molecule has 0 saturated carbocycles. The lowest BCUT2D eigenvalue weighted by atomic mass is 10.0. The van der Waals surface area contributed by atoms with Gasteiger partial charge in [-0.3, -0.25) is 9.47 Å². The molecule has 0 bridgehead atoms. The first-order valence-electron chi connectivity index (χ1n) is 10.6. The highest BCUT2D eigenvalue weighted by Crippen LogP contribution is 2.31. The molecular weight excluding hydrogens is 396 g/mol. The zero-order chi connectivity index (χ0) is 20.9. The van der Waals surface area contributed by atoms with E-state index in [-0.39, 0.29) is 11.7 Å². The average molecular weight is 420 g/mol. The van der Waals surface area contributed by atoms with Gasteiger partial charge < -0.3 is 14.5 Å². The minimum atomic E-state index is -0.0399. The highest BCUT2D eigenvalue weighted by atomic mass is 16.5. The molecule has 160 valence electrons. The molecule has 0 spiro atoms. The van der Waals surface area contributed by atoms with Crippen molar-refractivity contribution >= 4 is 16.7 Å². The Balaban J connectivity index is 1.33. The summed E-state index contributed by atoms with van der Waals surface area (Å²) in [5.41, 5.74) is 4.36. The van der Waals surface area contributed by atoms with Crippen molar-refractivity contribution in [3.8, 4) is 16.9 Å². The van der Waals surface area contributed by atoms with Crippen molar-refractivity contribution < 1.29 is 9.47 Å². The molecule has 0 aliphatic carbocycles. The van der Waals surface area contributed by atoms with Crippen LogP contribution in [0.4, 0.5) is 0 Å². The summed E-state index contributed by atoms with van der Waals surface area (Å²) < 4.78 is 14.4. The molecule has 2 aliphatic heterocycles. The van der Waals surface area contributed by atoms with Gasteiger partial charge in [0.2, 0.25) is 0 Å². The Kier molecular flexibility index (Phi) is 4.32. The molecule has 2 saturated heterocycles. The first kappa shape index (κ1) is 18.6. The van der Waals surface area contributed by atoms with Crippen molar-refractivity contribution in [3.05, 3.63) is 47.3 Å². The van der Waals surface area contributed by atoms with E-state index < -0.39 is 0 Å². The number of ether oxygens (including phenoxy) is 2. The monoisotopic (exact) mass is 420 g/mol. The maximum absolute atomic E-state index is 12.8. The zero-order valence-electron chi connectivity index (χ0n) is 17.3. The fourth-order valence-electron chi connectivity index (χ4n) is 4.82. The molecule has 1 aromatic carbocycles. The Morgan fingerprint density at radius 1 is 1.13 bits per heavy atom. The molecular formula is C22H24N6O3. The second-order valence-electron chi connectivity index (χ2n) is 8.32. The number of imidazole rings is 1. The van der Waals surface area contributed by atoms with Crippen LogP contribution >= 0.6 is 0 Å². The van der Waals surface area contributed by atoms with Crippen molar-refractivity contribution in [2.45, 2.75) is 24.9 Å². The van der Waals surface area contributed by atoms with Crippen molar-refractivity contribution in [2.75, 3.05) is 33.4 Å². The van der Waals surface area contributed by atoms with Crippen LogP contribution in [0, 0.1) is 0 Å². The lowest BCUT2D eigenvalue weighted by Gasteiger charge is -2.41. The predicted octanol–water partition coefficient (Wildman–Crippen LogP) is 2.08. The number of aromatic amines is 1. The average Bonchev–Trinajstić information content (AvgIpc) is 3.35. The van der Waals surface area contributed by atoms with Gasteiger partial charge >= 0.3 is 5.69 Å². The summed E-state index contributed by atoms with van der Waals surface area (Å²) in [4.78, 5) is 22.6. The first-order valence-corrected chi connectivity index (χ1v) is 10.6. The van der Waals surface area contributed by atoms with Crippen LogP contribution in [-0.4, -0.2) is 68.5 Å². The van der Waals surface area contributed by atoms with E-state index in [1.54, 1.807) is 11.6 Å². The number of aromatic nitrogens is 5. The predicted molar refractivity (Wildman–Crippen MR) is 116 cm³/mol. The lowest BCUT2D eigenvalue weighted by Crippen LogP contribution is -2.52. The maximum atomic E-state index is 12.8. The summed E-state index contributed by atoms with van der Waals surface area (Å²) in [5, 5.41) is 4.24. The number of piperidine rings is 1. The molecule has 31 heavy (non-hydrogen) atoms. The van der Waals surface area contributed by atoms with E-state index in [9.17, 15) is 4.79 Å². The Labute approximate surface area is 178 Å². The quantitative estimate of drug-likeness (QED) is 0.544. The highest BCUT2D eigenvalue weighted by molar-refractivity contribution is 5.83. The van der Waals surface area contributed by atoms with Gasteiger partial charge in [-0.1, -0.05) is 6.07 Å². The normalized spacial score (nSPS) is 18.6. The van der Waals surface area contributed by atoms with Crippen LogP contribution in [0.1, 0.15) is 18.9 Å². The molecule has 2 fully saturated rings. The van der Waals surface area contributed by atoms with Gasteiger partial charge in [0.25, 0.3) is 0 Å². The van der Waals surface area contributed by atoms with E-state index in [1.807, 2.05) is 35.0 Å². The Bertz CT molecular complexity index is 1310. The molecule has 0 radical (unpaired) electrons. The summed E-state index contributed by atoms with van der Waals surface area (Å²) >= 11 is 0. The number of hydrogen-bond acceptors (Lipinski definition) is 6. The minimum absolute atomic E-state index is 0.0399. The van der Waals surface area contributed by atoms with Crippen LogP contribution in [0.3, 0.4) is 0 Å². The molecule has 4 aromatic rings. The third kappa shape index (κ3) is 3.03. The van der Waals surface area contributed by atoms with Crippen molar-refractivity contribution in [3.63, 3.8) is 0 Å². The maximum Gasteiger partial charge on any atom is 0.326 e. The summed E-state index contributed by atoms with van der Waals surface area (Å²) in [6.07, 6.45) is 5.38. The Hall–Kier alpha value is -3.17. The van der Waals surface area contributed by atoms with Crippen LogP contribution in [-0.2, 0) is 4.74 Å². The van der Waals surface area contributed by atoms with Crippen LogP contribution in [0.5, 0.6) is 5.75 Å². The largest absolute Gasteiger partial charge is 0.493 e. The Morgan fingerprint density at radius 2 is 1.97 bits per heavy atom. The van der Waals surface area contributed by atoms with Gasteiger partial charge in [-0.05, 0) is 36.6 Å². The van der Waals surface area contributed by atoms with Gasteiger partial charge in [0.05, 0.1) is 37.4 Å². The number of methoxy groups -OCH3 is 1. The number of nitrogens with one attached hydrogen (secondary N) is 1. The fraction of sp³-hybridized carbons (Fsp3) is 0.409. The van der Waals surface area contributed by atoms with E-state index in [0.717, 1.165) is 61.3 Å². The van der Waals surface area contributed by atoms with Gasteiger partial charge in [0.1, 0.15) is 6.33 Å². The molecule has 2 aliphatic rings. The van der Waals surface area contributed by atoms with Crippen molar-refractivity contribution in [1.82, 2.24) is 29.0 Å². The summed E-state index contributed by atoms with van der Waals surface area (Å²) in [5.74, 6) is 0.657. The summed E-state index contributed by atoms with van der Waals surface area (Å²) in [6, 6.07) is 8.82. The fourth-order valence-corrected chi connectivity index (χ4v) is 4.82. The summed E-state index contributed by atoms with van der Waals surface area (Å²) in [6.45, 7) is 3.69. The van der Waals surface area contributed by atoms with E-state index >= 15 is 0 Å². The molecule has 0 amide bonds. The van der Waals surface area contributed by atoms with Gasteiger partial charge in [-0.15, -0.1) is 0 Å². The first-order chi connectivity index (χ1) is 15.2. The molecule has 3 aromatic heterocycles. The van der Waals surface area contributed by atoms with Crippen LogP contribution in [0.2, 0.25) is 0 Å². The van der Waals surface area contributed by atoms with Crippen molar-refractivity contribution in [1.29, 1.82) is 0 Å². The van der Waals surface area contributed by atoms with Gasteiger partial charge in [-0.2, -0.15) is 5.10 Å². The van der Waals surface area contributed by atoms with Crippen LogP contribution in [0.15, 0.2) is 41.6 Å². The number of pyridine rings is 1. The number of likely N-dealkylation sites (tertiary alicyclic amines) is 1. The van der Waals surface area contributed by atoms with E-state index in [4.69, 9.17) is 9.47 Å². The molecule has 6 rings (SSSR count). The molecule has 9 heteroatoms. The Morgan fingerprint density at radius 3 is 2.71 bits per heavy atom.